The molecule has 9 heteroatoms. The fraction of sp³-hybridized carbons (Fsp3) is 0.588. The molecule has 1 aromatic rings. The standard InChI is InChI=1S/C17H23N3O5.ClH/c18-17(7-11-24-12-8-17)16(21)19-9-5-15(6-10-19)25-14-3-1-13(2-4-14)20(22)23;/h1-4,15H,5-12,18H2;1H. The van der Waals surface area contributed by atoms with Crippen molar-refractivity contribution in [3.05, 3.63) is 34.4 Å². The second-order valence-electron chi connectivity index (χ2n) is 6.63. The number of carbonyl (C=O) groups is 1. The summed E-state index contributed by atoms with van der Waals surface area (Å²) in [6, 6.07) is 6.06. The lowest BCUT2D eigenvalue weighted by molar-refractivity contribution is -0.384. The van der Waals surface area contributed by atoms with E-state index in [4.69, 9.17) is 15.2 Å². The Morgan fingerprint density at radius 2 is 1.81 bits per heavy atom. The Kier molecular flexibility index (Phi) is 6.80. The molecule has 2 saturated heterocycles. The lowest BCUT2D eigenvalue weighted by Gasteiger charge is -2.39. The topological polar surface area (TPSA) is 108 Å². The molecule has 2 aliphatic heterocycles. The van der Waals surface area contributed by atoms with Crippen molar-refractivity contribution < 1.29 is 19.2 Å². The Bertz CT molecular complexity index is 626. The highest BCUT2D eigenvalue weighted by Crippen LogP contribution is 2.25. The van der Waals surface area contributed by atoms with Gasteiger partial charge in [-0.2, -0.15) is 0 Å². The van der Waals surface area contributed by atoms with E-state index in [2.05, 4.69) is 0 Å². The van der Waals surface area contributed by atoms with Crippen molar-refractivity contribution in [3.8, 4) is 5.75 Å². The van der Waals surface area contributed by atoms with Gasteiger partial charge in [0, 0.05) is 51.3 Å². The molecule has 0 aromatic heterocycles. The molecule has 2 aliphatic rings. The van der Waals surface area contributed by atoms with E-state index in [0.29, 0.717) is 44.9 Å². The van der Waals surface area contributed by atoms with E-state index in [1.54, 1.807) is 12.1 Å². The Labute approximate surface area is 158 Å². The summed E-state index contributed by atoms with van der Waals surface area (Å²) in [4.78, 5) is 24.7. The number of nitrogens with zero attached hydrogens (tertiary/aromatic N) is 2. The van der Waals surface area contributed by atoms with Crippen molar-refractivity contribution in [2.45, 2.75) is 37.3 Å². The molecule has 0 saturated carbocycles. The number of rotatable bonds is 4. The molecule has 2 fully saturated rings. The van der Waals surface area contributed by atoms with E-state index in [9.17, 15) is 14.9 Å². The maximum atomic E-state index is 12.7. The largest absolute Gasteiger partial charge is 0.490 e. The number of nitrogens with two attached hydrogens (primary N) is 1. The molecule has 2 N–H and O–H groups in total. The fourth-order valence-electron chi connectivity index (χ4n) is 3.28. The number of halogens is 1. The highest BCUT2D eigenvalue weighted by Gasteiger charge is 2.40. The van der Waals surface area contributed by atoms with E-state index in [0.717, 1.165) is 12.8 Å². The van der Waals surface area contributed by atoms with Gasteiger partial charge in [0.25, 0.3) is 5.69 Å². The molecule has 1 aromatic carbocycles. The molecule has 0 radical (unpaired) electrons. The molecule has 144 valence electrons. The van der Waals surface area contributed by atoms with Crippen LogP contribution < -0.4 is 10.5 Å². The molecule has 0 atom stereocenters. The van der Waals surface area contributed by atoms with Crippen molar-refractivity contribution in [1.29, 1.82) is 0 Å². The van der Waals surface area contributed by atoms with Crippen molar-refractivity contribution in [2.75, 3.05) is 26.3 Å². The van der Waals surface area contributed by atoms with Gasteiger partial charge in [-0.1, -0.05) is 0 Å². The predicted molar refractivity (Wildman–Crippen MR) is 97.5 cm³/mol. The first kappa shape index (κ1) is 20.4. The third kappa shape index (κ3) is 4.63. The molecule has 2 heterocycles. The van der Waals surface area contributed by atoms with Crippen LogP contribution in [0.15, 0.2) is 24.3 Å². The summed E-state index contributed by atoms with van der Waals surface area (Å²) in [6.07, 6.45) is 2.55. The van der Waals surface area contributed by atoms with Crippen molar-refractivity contribution in [3.63, 3.8) is 0 Å². The van der Waals surface area contributed by atoms with Gasteiger partial charge in [0.1, 0.15) is 11.9 Å². The van der Waals surface area contributed by atoms with Gasteiger partial charge in [0.2, 0.25) is 5.91 Å². The molecule has 8 nitrogen and oxygen atoms in total. The van der Waals surface area contributed by atoms with E-state index in [1.807, 2.05) is 4.90 Å². The van der Waals surface area contributed by atoms with Crippen LogP contribution in [0.25, 0.3) is 0 Å². The van der Waals surface area contributed by atoms with E-state index < -0.39 is 10.5 Å². The Morgan fingerprint density at radius 3 is 2.35 bits per heavy atom. The molecular weight excluding hydrogens is 362 g/mol. The molecular formula is C17H24ClN3O5. The van der Waals surface area contributed by atoms with Gasteiger partial charge >= 0.3 is 0 Å². The zero-order chi connectivity index (χ0) is 17.9. The zero-order valence-corrected chi connectivity index (χ0v) is 15.3. The average molecular weight is 386 g/mol. The summed E-state index contributed by atoms with van der Waals surface area (Å²) in [5.74, 6) is 0.611. The highest BCUT2D eigenvalue weighted by molar-refractivity contribution is 5.86. The summed E-state index contributed by atoms with van der Waals surface area (Å²) >= 11 is 0. The smallest absolute Gasteiger partial charge is 0.269 e. The van der Waals surface area contributed by atoms with Crippen LogP contribution in [-0.2, 0) is 9.53 Å². The predicted octanol–water partition coefficient (Wildman–Crippen LogP) is 1.89. The number of hydrogen-bond acceptors (Lipinski definition) is 6. The Balaban J connectivity index is 0.00000243. The van der Waals surface area contributed by atoms with Gasteiger partial charge in [0.15, 0.2) is 0 Å². The minimum Gasteiger partial charge on any atom is -0.490 e. The normalized spacial score (nSPS) is 20.1. The number of piperidine rings is 1. The first-order chi connectivity index (χ1) is 12.0. The summed E-state index contributed by atoms with van der Waals surface area (Å²) in [5, 5.41) is 10.7. The van der Waals surface area contributed by atoms with Gasteiger partial charge in [-0.15, -0.1) is 12.4 Å². The number of nitro groups is 1. The number of hydrogen-bond donors (Lipinski definition) is 1. The molecule has 0 bridgehead atoms. The fourth-order valence-corrected chi connectivity index (χ4v) is 3.28. The number of non-ortho nitro benzene ring substituents is 1. The minimum atomic E-state index is -0.801. The molecule has 26 heavy (non-hydrogen) atoms. The van der Waals surface area contributed by atoms with Crippen LogP contribution >= 0.6 is 12.4 Å². The number of ether oxygens (including phenoxy) is 2. The maximum absolute atomic E-state index is 12.7. The van der Waals surface area contributed by atoms with Crippen LogP contribution in [0.5, 0.6) is 5.75 Å². The molecule has 0 unspecified atom stereocenters. The second kappa shape index (κ2) is 8.66. The minimum absolute atomic E-state index is 0. The number of amides is 1. The Hall–Kier alpha value is -1.90. The SMILES string of the molecule is Cl.NC1(C(=O)N2CCC(Oc3ccc([N+](=O)[O-])cc3)CC2)CCOCC1. The molecule has 0 aliphatic carbocycles. The summed E-state index contributed by atoms with van der Waals surface area (Å²) in [7, 11) is 0. The van der Waals surface area contributed by atoms with Crippen LogP contribution in [0, 0.1) is 10.1 Å². The molecule has 0 spiro atoms. The third-order valence-corrected chi connectivity index (χ3v) is 4.89. The highest BCUT2D eigenvalue weighted by atomic mass is 35.5. The monoisotopic (exact) mass is 385 g/mol. The number of benzene rings is 1. The third-order valence-electron chi connectivity index (χ3n) is 4.89. The zero-order valence-electron chi connectivity index (χ0n) is 14.5. The maximum Gasteiger partial charge on any atom is 0.269 e. The lowest BCUT2D eigenvalue weighted by Crippen LogP contribution is -2.59. The molecule has 1 amide bonds. The average Bonchev–Trinajstić information content (AvgIpc) is 2.63. The van der Waals surface area contributed by atoms with E-state index >= 15 is 0 Å². The first-order valence-electron chi connectivity index (χ1n) is 8.55. The van der Waals surface area contributed by atoms with Crippen LogP contribution in [0.3, 0.4) is 0 Å². The van der Waals surface area contributed by atoms with E-state index in [1.165, 1.54) is 12.1 Å². The summed E-state index contributed by atoms with van der Waals surface area (Å²) < 4.78 is 11.2. The number of carbonyl (C=O) groups excluding carboxylic acids is 1. The van der Waals surface area contributed by atoms with Crippen molar-refractivity contribution in [1.82, 2.24) is 4.90 Å². The van der Waals surface area contributed by atoms with Crippen LogP contribution in [0.4, 0.5) is 5.69 Å². The van der Waals surface area contributed by atoms with Crippen LogP contribution in [-0.4, -0.2) is 53.7 Å². The van der Waals surface area contributed by atoms with Gasteiger partial charge in [-0.3, -0.25) is 14.9 Å². The second-order valence-corrected chi connectivity index (χ2v) is 6.63. The summed E-state index contributed by atoms with van der Waals surface area (Å²) in [5.41, 5.74) is 5.51. The number of nitro benzene ring substituents is 1. The number of likely N-dealkylation sites (tertiary alicyclic amines) is 1. The van der Waals surface area contributed by atoms with Gasteiger partial charge < -0.3 is 20.1 Å². The first-order valence-corrected chi connectivity index (χ1v) is 8.55. The quantitative estimate of drug-likeness (QED) is 0.626. The van der Waals surface area contributed by atoms with Gasteiger partial charge in [-0.25, -0.2) is 0 Å². The van der Waals surface area contributed by atoms with Crippen LogP contribution in [0.1, 0.15) is 25.7 Å². The lowest BCUT2D eigenvalue weighted by atomic mass is 9.89. The van der Waals surface area contributed by atoms with Crippen LogP contribution in [0.2, 0.25) is 0 Å². The van der Waals surface area contributed by atoms with E-state index in [-0.39, 0.29) is 30.1 Å². The van der Waals surface area contributed by atoms with Gasteiger partial charge in [0.05, 0.1) is 10.5 Å². The Morgan fingerprint density at radius 1 is 1.23 bits per heavy atom. The summed E-state index contributed by atoms with van der Waals surface area (Å²) in [6.45, 7) is 2.27. The van der Waals surface area contributed by atoms with Gasteiger partial charge in [-0.05, 0) is 25.0 Å². The van der Waals surface area contributed by atoms with Crippen molar-refractivity contribution >= 4 is 24.0 Å². The van der Waals surface area contributed by atoms with Crippen molar-refractivity contribution in [2.24, 2.45) is 5.73 Å². The molecule has 3 rings (SSSR count).